The zero-order valence-corrected chi connectivity index (χ0v) is 14.6. The Morgan fingerprint density at radius 3 is 2.65 bits per heavy atom. The maximum absolute atomic E-state index is 9.72. The normalized spacial score (nSPS) is 11.2. The zero-order valence-electron chi connectivity index (χ0n) is 10.1. The van der Waals surface area contributed by atoms with Crippen LogP contribution in [0.25, 0.3) is 11.6 Å². The van der Waals surface area contributed by atoms with Crippen LogP contribution in [0, 0.1) is 14.9 Å². The molecular formula is C15H8BrClINO. The Balaban J connectivity index is 2.53. The van der Waals surface area contributed by atoms with E-state index < -0.39 is 0 Å². The molecule has 2 nitrogen and oxygen atoms in total. The maximum atomic E-state index is 9.72. The minimum Gasteiger partial charge on any atom is -0.506 e. The number of phenolic OH excluding ortho intramolecular Hbond substituents is 1. The largest absolute Gasteiger partial charge is 0.506 e. The number of nitrogens with zero attached hydrogens (tertiary/aromatic N) is 1. The van der Waals surface area contributed by atoms with Gasteiger partial charge in [-0.3, -0.25) is 0 Å². The zero-order chi connectivity index (χ0) is 14.7. The highest BCUT2D eigenvalue weighted by Crippen LogP contribution is 2.32. The van der Waals surface area contributed by atoms with Crippen LogP contribution in [-0.2, 0) is 0 Å². The number of phenols is 1. The summed E-state index contributed by atoms with van der Waals surface area (Å²) >= 11 is 11.4. The molecule has 0 saturated carbocycles. The van der Waals surface area contributed by atoms with Crippen molar-refractivity contribution in [1.82, 2.24) is 0 Å². The van der Waals surface area contributed by atoms with Gasteiger partial charge in [0.2, 0.25) is 0 Å². The van der Waals surface area contributed by atoms with Gasteiger partial charge >= 0.3 is 0 Å². The van der Waals surface area contributed by atoms with E-state index in [4.69, 9.17) is 11.6 Å². The van der Waals surface area contributed by atoms with Gasteiger partial charge in [0.25, 0.3) is 0 Å². The Kier molecular flexibility index (Phi) is 5.08. The van der Waals surface area contributed by atoms with Crippen LogP contribution in [-0.4, -0.2) is 5.11 Å². The molecule has 0 spiro atoms. The molecule has 0 unspecified atom stereocenters. The number of hydrogen-bond donors (Lipinski definition) is 1. The monoisotopic (exact) mass is 459 g/mol. The lowest BCUT2D eigenvalue weighted by Crippen LogP contribution is -1.85. The molecule has 0 aliphatic carbocycles. The van der Waals surface area contributed by atoms with Crippen molar-refractivity contribution in [2.75, 3.05) is 0 Å². The summed E-state index contributed by atoms with van der Waals surface area (Å²) in [6, 6.07) is 12.9. The lowest BCUT2D eigenvalue weighted by molar-refractivity contribution is 0.468. The van der Waals surface area contributed by atoms with Gasteiger partial charge in [-0.2, -0.15) is 5.26 Å². The number of allylic oxidation sites excluding steroid dienone is 1. The highest BCUT2D eigenvalue weighted by Gasteiger charge is 2.08. The highest BCUT2D eigenvalue weighted by molar-refractivity contribution is 14.1. The van der Waals surface area contributed by atoms with Crippen molar-refractivity contribution in [3.63, 3.8) is 0 Å². The summed E-state index contributed by atoms with van der Waals surface area (Å²) in [7, 11) is 0. The molecular weight excluding hydrogens is 452 g/mol. The lowest BCUT2D eigenvalue weighted by atomic mass is 10.0. The summed E-state index contributed by atoms with van der Waals surface area (Å²) in [4.78, 5) is 0. The first-order valence-corrected chi connectivity index (χ1v) is 7.82. The van der Waals surface area contributed by atoms with Crippen LogP contribution in [0.15, 0.2) is 40.9 Å². The summed E-state index contributed by atoms with van der Waals surface area (Å²) < 4.78 is 1.30. The van der Waals surface area contributed by atoms with E-state index in [0.29, 0.717) is 24.2 Å². The molecule has 0 aromatic heterocycles. The van der Waals surface area contributed by atoms with E-state index in [1.807, 2.05) is 34.7 Å². The van der Waals surface area contributed by atoms with Crippen LogP contribution in [0.1, 0.15) is 11.1 Å². The Morgan fingerprint density at radius 1 is 1.35 bits per heavy atom. The van der Waals surface area contributed by atoms with E-state index in [2.05, 4.69) is 22.0 Å². The number of nitriles is 1. The second kappa shape index (κ2) is 6.61. The summed E-state index contributed by atoms with van der Waals surface area (Å²) in [6.45, 7) is 0. The van der Waals surface area contributed by atoms with Gasteiger partial charge in [-0.25, -0.2) is 0 Å². The van der Waals surface area contributed by atoms with Crippen LogP contribution in [0.2, 0.25) is 5.02 Å². The van der Waals surface area contributed by atoms with Crippen LogP contribution in [0.4, 0.5) is 0 Å². The lowest BCUT2D eigenvalue weighted by Gasteiger charge is -2.05. The fraction of sp³-hybridized carbons (Fsp3) is 0. The van der Waals surface area contributed by atoms with Crippen LogP contribution in [0.5, 0.6) is 5.75 Å². The van der Waals surface area contributed by atoms with E-state index in [0.717, 1.165) is 5.56 Å². The molecule has 0 heterocycles. The molecule has 1 N–H and O–H groups in total. The highest BCUT2D eigenvalue weighted by atomic mass is 127. The SMILES string of the molecule is N#CC(=Cc1cc(Br)c(O)c(I)c1)c1ccccc1Cl. The fourth-order valence-electron chi connectivity index (χ4n) is 1.69. The minimum atomic E-state index is 0.194. The predicted molar refractivity (Wildman–Crippen MR) is 93.5 cm³/mol. The van der Waals surface area contributed by atoms with Crippen molar-refractivity contribution >= 4 is 61.8 Å². The molecule has 5 heteroatoms. The van der Waals surface area contributed by atoms with Crippen molar-refractivity contribution in [2.45, 2.75) is 0 Å². The molecule has 100 valence electrons. The third kappa shape index (κ3) is 3.35. The van der Waals surface area contributed by atoms with Gasteiger partial charge in [-0.1, -0.05) is 29.8 Å². The third-order valence-corrected chi connectivity index (χ3v) is 4.39. The van der Waals surface area contributed by atoms with Gasteiger partial charge < -0.3 is 5.11 Å². The maximum Gasteiger partial charge on any atom is 0.143 e. The first-order chi connectivity index (χ1) is 9.52. The molecule has 2 aromatic rings. The van der Waals surface area contributed by atoms with Gasteiger partial charge in [-0.05, 0) is 68.4 Å². The summed E-state index contributed by atoms with van der Waals surface area (Å²) in [5, 5.41) is 19.6. The molecule has 0 aliphatic heterocycles. The van der Waals surface area contributed by atoms with Crippen LogP contribution in [0.3, 0.4) is 0 Å². The smallest absolute Gasteiger partial charge is 0.143 e. The molecule has 0 radical (unpaired) electrons. The summed E-state index contributed by atoms with van der Waals surface area (Å²) in [6.07, 6.45) is 1.74. The van der Waals surface area contributed by atoms with Gasteiger partial charge in [-0.15, -0.1) is 0 Å². The Bertz CT molecular complexity index is 714. The van der Waals surface area contributed by atoms with E-state index >= 15 is 0 Å². The van der Waals surface area contributed by atoms with E-state index in [1.165, 1.54) is 0 Å². The quantitative estimate of drug-likeness (QED) is 0.367. The van der Waals surface area contributed by atoms with Crippen molar-refractivity contribution in [3.8, 4) is 11.8 Å². The molecule has 2 rings (SSSR count). The number of rotatable bonds is 2. The first kappa shape index (κ1) is 15.4. The second-order valence-electron chi connectivity index (χ2n) is 3.98. The minimum absolute atomic E-state index is 0.194. The average Bonchev–Trinajstić information content (AvgIpc) is 2.43. The van der Waals surface area contributed by atoms with E-state index in [9.17, 15) is 10.4 Å². The fourth-order valence-corrected chi connectivity index (χ4v) is 3.42. The molecule has 0 saturated heterocycles. The molecule has 0 aliphatic rings. The third-order valence-electron chi connectivity index (χ3n) is 2.63. The Hall–Kier alpha value is -1.03. The van der Waals surface area contributed by atoms with Crippen LogP contribution < -0.4 is 0 Å². The van der Waals surface area contributed by atoms with Gasteiger partial charge in [0.1, 0.15) is 5.75 Å². The number of aromatic hydroxyl groups is 1. The molecule has 0 fully saturated rings. The van der Waals surface area contributed by atoms with Crippen molar-refractivity contribution < 1.29 is 5.11 Å². The molecule has 0 bridgehead atoms. The molecule has 0 amide bonds. The topological polar surface area (TPSA) is 44.0 Å². The number of halogens is 3. The van der Waals surface area contributed by atoms with Gasteiger partial charge in [0, 0.05) is 10.6 Å². The van der Waals surface area contributed by atoms with E-state index in [1.54, 1.807) is 30.3 Å². The predicted octanol–water partition coefficient (Wildman–Crippen LogP) is 5.48. The van der Waals surface area contributed by atoms with Crippen molar-refractivity contribution in [2.24, 2.45) is 0 Å². The molecule has 20 heavy (non-hydrogen) atoms. The van der Waals surface area contributed by atoms with Crippen molar-refractivity contribution in [1.29, 1.82) is 5.26 Å². The summed E-state index contributed by atoms with van der Waals surface area (Å²) in [5.41, 5.74) is 1.98. The van der Waals surface area contributed by atoms with E-state index in [-0.39, 0.29) is 5.75 Å². The van der Waals surface area contributed by atoms with Crippen molar-refractivity contribution in [3.05, 3.63) is 60.6 Å². The number of benzene rings is 2. The standard InChI is InChI=1S/C15H8BrClINO/c16-12-6-9(7-14(18)15(12)20)5-10(8-19)11-3-1-2-4-13(11)17/h1-7,20H. The number of hydrogen-bond acceptors (Lipinski definition) is 2. The molecule has 0 atom stereocenters. The second-order valence-corrected chi connectivity index (χ2v) is 6.41. The molecule has 2 aromatic carbocycles. The van der Waals surface area contributed by atoms with Crippen LogP contribution >= 0.6 is 50.1 Å². The Morgan fingerprint density at radius 2 is 2.05 bits per heavy atom. The first-order valence-electron chi connectivity index (χ1n) is 5.57. The Labute approximate surface area is 144 Å². The van der Waals surface area contributed by atoms with Gasteiger partial charge in [0.05, 0.1) is 19.7 Å². The van der Waals surface area contributed by atoms with Gasteiger partial charge in [0.15, 0.2) is 0 Å². The average molecular weight is 460 g/mol. The summed E-state index contributed by atoms with van der Waals surface area (Å²) in [5.74, 6) is 0.194.